The van der Waals surface area contributed by atoms with Gasteiger partial charge in [-0.1, -0.05) is 29.8 Å². The number of carbonyl (C=O) groups is 1. The number of benzene rings is 2. The Hall–Kier alpha value is -2.80. The first kappa shape index (κ1) is 18.0. The average molecular weight is 382 g/mol. The molecule has 8 heteroatoms. The van der Waals surface area contributed by atoms with Gasteiger partial charge in [0.25, 0.3) is 0 Å². The molecular weight excluding hydrogens is 371 g/mol. The minimum Gasteiger partial charge on any atom is -0.497 e. The zero-order valence-corrected chi connectivity index (χ0v) is 14.1. The lowest BCUT2D eigenvalue weighted by atomic mass is 10.1. The Bertz CT molecular complexity index is 936. The monoisotopic (exact) mass is 381 g/mol. The van der Waals surface area contributed by atoms with Crippen molar-refractivity contribution >= 4 is 29.5 Å². The van der Waals surface area contributed by atoms with Crippen LogP contribution < -0.4 is 4.74 Å². The van der Waals surface area contributed by atoms with Crippen molar-refractivity contribution in [2.24, 2.45) is 4.99 Å². The highest BCUT2D eigenvalue weighted by atomic mass is 35.5. The number of nitrogens with zero attached hydrogens (tertiary/aromatic N) is 1. The second-order valence-electron chi connectivity index (χ2n) is 5.27. The van der Waals surface area contributed by atoms with Crippen molar-refractivity contribution in [1.29, 1.82) is 0 Å². The average Bonchev–Trinajstić information content (AvgIpc) is 2.94. The smallest absolute Gasteiger partial charge is 0.416 e. The van der Waals surface area contributed by atoms with Gasteiger partial charge in [-0.2, -0.15) is 13.2 Å². The van der Waals surface area contributed by atoms with Gasteiger partial charge < -0.3 is 9.47 Å². The van der Waals surface area contributed by atoms with E-state index >= 15 is 0 Å². The topological polar surface area (TPSA) is 47.9 Å². The molecule has 1 aliphatic heterocycles. The molecule has 0 saturated carbocycles. The number of alkyl halides is 3. The molecule has 0 radical (unpaired) electrons. The lowest BCUT2D eigenvalue weighted by Crippen LogP contribution is -2.08. The van der Waals surface area contributed by atoms with Crippen molar-refractivity contribution in [3.05, 3.63) is 69.9 Å². The van der Waals surface area contributed by atoms with Gasteiger partial charge in [-0.15, -0.1) is 0 Å². The van der Waals surface area contributed by atoms with Crippen molar-refractivity contribution in [1.82, 2.24) is 0 Å². The highest BCUT2D eigenvalue weighted by molar-refractivity contribution is 6.34. The van der Waals surface area contributed by atoms with E-state index in [2.05, 4.69) is 4.99 Å². The molecule has 0 saturated heterocycles. The van der Waals surface area contributed by atoms with Crippen LogP contribution >= 0.6 is 11.6 Å². The van der Waals surface area contributed by atoms with Crippen LogP contribution in [-0.2, 0) is 15.7 Å². The van der Waals surface area contributed by atoms with E-state index in [1.165, 1.54) is 31.4 Å². The Morgan fingerprint density at radius 2 is 1.92 bits per heavy atom. The van der Waals surface area contributed by atoms with Crippen molar-refractivity contribution in [2.75, 3.05) is 7.11 Å². The van der Waals surface area contributed by atoms with Crippen LogP contribution in [0.4, 0.5) is 13.2 Å². The Morgan fingerprint density at radius 1 is 1.19 bits per heavy atom. The van der Waals surface area contributed by atoms with Crippen molar-refractivity contribution in [3.8, 4) is 5.75 Å². The Morgan fingerprint density at radius 3 is 2.58 bits per heavy atom. The summed E-state index contributed by atoms with van der Waals surface area (Å²) < 4.78 is 49.3. The zero-order valence-electron chi connectivity index (χ0n) is 13.3. The molecule has 3 rings (SSSR count). The molecule has 0 fully saturated rings. The quantitative estimate of drug-likeness (QED) is 0.571. The molecule has 4 nitrogen and oxygen atoms in total. The van der Waals surface area contributed by atoms with E-state index in [0.717, 1.165) is 12.1 Å². The van der Waals surface area contributed by atoms with Gasteiger partial charge in [-0.3, -0.25) is 0 Å². The number of halogens is 4. The summed E-state index contributed by atoms with van der Waals surface area (Å²) in [6, 6.07) is 9.52. The van der Waals surface area contributed by atoms with Crippen LogP contribution in [0.25, 0.3) is 6.08 Å². The maximum absolute atomic E-state index is 13.1. The maximum Gasteiger partial charge on any atom is 0.416 e. The van der Waals surface area contributed by atoms with Gasteiger partial charge >= 0.3 is 12.1 Å². The fourth-order valence-corrected chi connectivity index (χ4v) is 2.60. The lowest BCUT2D eigenvalue weighted by molar-refractivity contribution is -0.137. The Balaban J connectivity index is 2.01. The van der Waals surface area contributed by atoms with Gasteiger partial charge in [0.05, 0.1) is 23.3 Å². The van der Waals surface area contributed by atoms with Gasteiger partial charge in [-0.25, -0.2) is 9.79 Å². The van der Waals surface area contributed by atoms with Crippen molar-refractivity contribution < 1.29 is 27.4 Å². The number of hydrogen-bond acceptors (Lipinski definition) is 4. The van der Waals surface area contributed by atoms with E-state index in [1.54, 1.807) is 12.1 Å². The predicted molar refractivity (Wildman–Crippen MR) is 90.1 cm³/mol. The van der Waals surface area contributed by atoms with Crippen LogP contribution in [0.15, 0.2) is 53.2 Å². The number of aliphatic imine (C=N–C) groups is 1. The number of cyclic esters (lactones) is 1. The molecule has 0 aliphatic carbocycles. The van der Waals surface area contributed by atoms with Gasteiger partial charge in [-0.05, 0) is 35.9 Å². The lowest BCUT2D eigenvalue weighted by Gasteiger charge is -2.09. The third-order valence-electron chi connectivity index (χ3n) is 3.59. The number of methoxy groups -OCH3 is 1. The second kappa shape index (κ2) is 6.84. The molecule has 0 bridgehead atoms. The van der Waals surface area contributed by atoms with Crippen molar-refractivity contribution in [2.45, 2.75) is 6.18 Å². The minimum atomic E-state index is -4.55. The maximum atomic E-state index is 13.1. The third-order valence-corrected chi connectivity index (χ3v) is 3.90. The normalized spacial score (nSPS) is 15.8. The van der Waals surface area contributed by atoms with Crippen LogP contribution in [-0.4, -0.2) is 19.0 Å². The summed E-state index contributed by atoms with van der Waals surface area (Å²) in [5.74, 6) is -0.444. The van der Waals surface area contributed by atoms with E-state index < -0.39 is 17.7 Å². The molecule has 1 aliphatic rings. The Kier molecular flexibility index (Phi) is 4.73. The second-order valence-corrected chi connectivity index (χ2v) is 5.67. The predicted octanol–water partition coefficient (Wildman–Crippen LogP) is 4.71. The summed E-state index contributed by atoms with van der Waals surface area (Å²) >= 11 is 6.11. The van der Waals surface area contributed by atoms with E-state index in [4.69, 9.17) is 21.1 Å². The van der Waals surface area contributed by atoms with Gasteiger partial charge in [0.1, 0.15) is 5.75 Å². The molecule has 0 unspecified atom stereocenters. The van der Waals surface area contributed by atoms with E-state index in [0.29, 0.717) is 11.3 Å². The minimum absolute atomic E-state index is 0.0848. The van der Waals surface area contributed by atoms with E-state index in [9.17, 15) is 18.0 Å². The molecule has 2 aromatic rings. The largest absolute Gasteiger partial charge is 0.497 e. The van der Waals surface area contributed by atoms with Crippen molar-refractivity contribution in [3.63, 3.8) is 0 Å². The van der Waals surface area contributed by atoms with Crippen LogP contribution in [0.1, 0.15) is 16.7 Å². The van der Waals surface area contributed by atoms with Crippen LogP contribution in [0.2, 0.25) is 5.02 Å². The number of ether oxygens (including phenoxy) is 2. The fourth-order valence-electron chi connectivity index (χ4n) is 2.35. The van der Waals surface area contributed by atoms with Gasteiger partial charge in [0.15, 0.2) is 5.70 Å². The SMILES string of the molecule is COc1ccc(C2=N/C(=C\c3ccccc3C(F)(F)F)C(=O)O2)c(Cl)c1. The number of hydrogen-bond donors (Lipinski definition) is 0. The zero-order chi connectivity index (χ0) is 18.9. The van der Waals surface area contributed by atoms with Crippen LogP contribution in [0.3, 0.4) is 0 Å². The molecule has 1 heterocycles. The summed E-state index contributed by atoms with van der Waals surface area (Å²) in [4.78, 5) is 16.0. The molecule has 0 spiro atoms. The summed E-state index contributed by atoms with van der Waals surface area (Å²) in [6.07, 6.45) is -3.52. The van der Waals surface area contributed by atoms with E-state index in [-0.39, 0.29) is 22.2 Å². The molecule has 2 aromatic carbocycles. The molecule has 0 amide bonds. The number of carbonyl (C=O) groups excluding carboxylic acids is 1. The third kappa shape index (κ3) is 3.57. The van der Waals surface area contributed by atoms with E-state index in [1.807, 2.05) is 0 Å². The summed E-state index contributed by atoms with van der Waals surface area (Å²) in [6.45, 7) is 0. The molecule has 134 valence electrons. The first-order valence-electron chi connectivity index (χ1n) is 7.32. The van der Waals surface area contributed by atoms with Crippen LogP contribution in [0.5, 0.6) is 5.75 Å². The fraction of sp³-hybridized carbons (Fsp3) is 0.111. The molecular formula is C18H11ClF3NO3. The van der Waals surface area contributed by atoms with Crippen LogP contribution in [0, 0.1) is 0 Å². The summed E-state index contributed by atoms with van der Waals surface area (Å²) in [7, 11) is 1.47. The number of esters is 1. The molecule has 26 heavy (non-hydrogen) atoms. The first-order chi connectivity index (χ1) is 12.3. The highest BCUT2D eigenvalue weighted by Crippen LogP contribution is 2.34. The summed E-state index contributed by atoms with van der Waals surface area (Å²) in [5, 5.41) is 0.229. The molecule has 0 aromatic heterocycles. The molecule has 0 atom stereocenters. The Labute approximate surface area is 151 Å². The van der Waals surface area contributed by atoms with Gasteiger partial charge in [0.2, 0.25) is 5.90 Å². The standard InChI is InChI=1S/C18H11ClF3NO3/c1-25-11-6-7-12(14(19)9-11)16-23-15(17(24)26-16)8-10-4-2-3-5-13(10)18(20,21)22/h2-9H,1H3/b15-8-. The first-order valence-corrected chi connectivity index (χ1v) is 7.70. The number of rotatable bonds is 3. The highest BCUT2D eigenvalue weighted by Gasteiger charge is 2.33. The summed E-state index contributed by atoms with van der Waals surface area (Å²) in [5.41, 5.74) is -0.971. The van der Waals surface area contributed by atoms with Gasteiger partial charge in [0, 0.05) is 0 Å². The molecule has 0 N–H and O–H groups in total.